The molecule has 0 saturated heterocycles. The van der Waals surface area contributed by atoms with Crippen molar-refractivity contribution in [2.24, 2.45) is 0 Å². The van der Waals surface area contributed by atoms with Crippen LogP contribution in [0.5, 0.6) is 0 Å². The van der Waals surface area contributed by atoms with E-state index >= 15 is 0 Å². The van der Waals surface area contributed by atoms with Gasteiger partial charge in [0.05, 0.1) is 0 Å². The van der Waals surface area contributed by atoms with E-state index in [2.05, 4.69) is 28.7 Å². The highest BCUT2D eigenvalue weighted by atomic mass is 127. The van der Waals surface area contributed by atoms with Gasteiger partial charge in [-0.25, -0.2) is 4.39 Å². The molecule has 0 spiro atoms. The number of halogens is 2. The molecule has 1 nitrogen and oxygen atoms in total. The summed E-state index contributed by atoms with van der Waals surface area (Å²) in [6.07, 6.45) is 0. The molecular formula is C23H14FIO. The third-order valence-corrected chi connectivity index (χ3v) is 6.05. The Hall–Kier alpha value is -2.24. The molecule has 1 N–H and O–H groups in total. The van der Waals surface area contributed by atoms with Gasteiger partial charge in [0.1, 0.15) is 11.4 Å². The summed E-state index contributed by atoms with van der Waals surface area (Å²) in [7, 11) is 0. The highest BCUT2D eigenvalue weighted by molar-refractivity contribution is 14.1. The number of rotatable bonds is 1. The lowest BCUT2D eigenvalue weighted by Gasteiger charge is -2.28. The van der Waals surface area contributed by atoms with Gasteiger partial charge >= 0.3 is 0 Å². The lowest BCUT2D eigenvalue weighted by atomic mass is 9.82. The fourth-order valence-electron chi connectivity index (χ4n) is 4.10. The van der Waals surface area contributed by atoms with E-state index in [0.29, 0.717) is 0 Å². The van der Waals surface area contributed by atoms with E-state index in [0.717, 1.165) is 42.2 Å². The molecule has 1 unspecified atom stereocenters. The highest BCUT2D eigenvalue weighted by Crippen LogP contribution is 2.54. The monoisotopic (exact) mass is 452 g/mol. The molecule has 0 aromatic heterocycles. The maximum absolute atomic E-state index is 14.1. The second-order valence-electron chi connectivity index (χ2n) is 6.60. The van der Waals surface area contributed by atoms with Crippen molar-refractivity contribution in [3.8, 4) is 11.1 Å². The Kier molecular flexibility index (Phi) is 3.46. The van der Waals surface area contributed by atoms with Gasteiger partial charge in [-0.3, -0.25) is 0 Å². The molecule has 0 radical (unpaired) electrons. The van der Waals surface area contributed by atoms with E-state index in [9.17, 15) is 9.50 Å². The molecule has 4 aromatic rings. The van der Waals surface area contributed by atoms with E-state index in [-0.39, 0.29) is 5.82 Å². The molecular weight excluding hydrogens is 438 g/mol. The van der Waals surface area contributed by atoms with E-state index in [4.69, 9.17) is 0 Å². The molecule has 3 heteroatoms. The van der Waals surface area contributed by atoms with Gasteiger partial charge in [0.15, 0.2) is 0 Å². The van der Waals surface area contributed by atoms with Crippen molar-refractivity contribution in [1.82, 2.24) is 0 Å². The first kappa shape index (κ1) is 16.0. The lowest BCUT2D eigenvalue weighted by Crippen LogP contribution is -2.26. The first-order valence-corrected chi connectivity index (χ1v) is 9.48. The predicted octanol–water partition coefficient (Wildman–Crippen LogP) is 5.85. The van der Waals surface area contributed by atoms with Crippen molar-refractivity contribution in [2.45, 2.75) is 5.60 Å². The second kappa shape index (κ2) is 5.63. The van der Waals surface area contributed by atoms with Crippen molar-refractivity contribution in [2.75, 3.05) is 0 Å². The van der Waals surface area contributed by atoms with Gasteiger partial charge in [0, 0.05) is 20.3 Å². The van der Waals surface area contributed by atoms with Crippen LogP contribution < -0.4 is 0 Å². The van der Waals surface area contributed by atoms with Crippen molar-refractivity contribution in [1.29, 1.82) is 0 Å². The molecule has 0 heterocycles. The zero-order valence-corrected chi connectivity index (χ0v) is 15.9. The Morgan fingerprint density at radius 2 is 1.58 bits per heavy atom. The molecule has 0 amide bonds. The zero-order valence-electron chi connectivity index (χ0n) is 13.7. The minimum absolute atomic E-state index is 0.299. The van der Waals surface area contributed by atoms with Gasteiger partial charge in [-0.15, -0.1) is 0 Å². The molecule has 0 saturated carbocycles. The number of hydrogen-bond acceptors (Lipinski definition) is 1. The highest BCUT2D eigenvalue weighted by Gasteiger charge is 2.45. The third kappa shape index (κ3) is 2.04. The van der Waals surface area contributed by atoms with Crippen LogP contribution in [0.1, 0.15) is 16.7 Å². The lowest BCUT2D eigenvalue weighted by molar-refractivity contribution is 0.132. The van der Waals surface area contributed by atoms with Crippen LogP contribution in [-0.2, 0) is 5.60 Å². The molecule has 126 valence electrons. The average Bonchev–Trinajstić information content (AvgIpc) is 2.95. The first-order chi connectivity index (χ1) is 12.6. The van der Waals surface area contributed by atoms with Crippen LogP contribution in [0.3, 0.4) is 0 Å². The Morgan fingerprint density at radius 3 is 2.38 bits per heavy atom. The topological polar surface area (TPSA) is 20.2 Å². The van der Waals surface area contributed by atoms with Crippen molar-refractivity contribution in [3.05, 3.63) is 105 Å². The van der Waals surface area contributed by atoms with Crippen LogP contribution in [0.15, 0.2) is 78.9 Å². The molecule has 4 aromatic carbocycles. The van der Waals surface area contributed by atoms with E-state index < -0.39 is 5.60 Å². The molecule has 26 heavy (non-hydrogen) atoms. The van der Waals surface area contributed by atoms with Gasteiger partial charge < -0.3 is 5.11 Å². The zero-order chi connectivity index (χ0) is 17.9. The Bertz CT molecular complexity index is 1170. The van der Waals surface area contributed by atoms with Crippen molar-refractivity contribution in [3.63, 3.8) is 0 Å². The molecule has 0 bridgehead atoms. The summed E-state index contributed by atoms with van der Waals surface area (Å²) in [5.74, 6) is -0.299. The number of fused-ring (bicyclic) bond motifs is 5. The normalized spacial score (nSPS) is 18.0. The molecule has 0 fully saturated rings. The summed E-state index contributed by atoms with van der Waals surface area (Å²) in [5, 5.41) is 13.7. The number of hydrogen-bond donors (Lipinski definition) is 1. The molecule has 1 atom stereocenters. The Balaban J connectivity index is 2.01. The third-order valence-electron chi connectivity index (χ3n) is 5.20. The van der Waals surface area contributed by atoms with Gasteiger partial charge in [0.2, 0.25) is 0 Å². The maximum atomic E-state index is 14.1. The molecule has 0 aliphatic heterocycles. The quantitative estimate of drug-likeness (QED) is 0.360. The van der Waals surface area contributed by atoms with Crippen LogP contribution in [0.4, 0.5) is 4.39 Å². The Morgan fingerprint density at radius 1 is 0.846 bits per heavy atom. The van der Waals surface area contributed by atoms with Crippen molar-refractivity contribution >= 4 is 33.4 Å². The molecule has 5 rings (SSSR count). The summed E-state index contributed by atoms with van der Waals surface area (Å²) in [6, 6.07) is 24.4. The fraction of sp³-hybridized carbons (Fsp3) is 0.0435. The molecule has 1 aliphatic rings. The van der Waals surface area contributed by atoms with E-state index in [1.165, 1.54) is 12.1 Å². The summed E-state index contributed by atoms with van der Waals surface area (Å²) in [6.45, 7) is 0. The largest absolute Gasteiger partial charge is 0.376 e. The number of benzene rings is 4. The average molecular weight is 452 g/mol. The minimum Gasteiger partial charge on any atom is -0.376 e. The van der Waals surface area contributed by atoms with Gasteiger partial charge in [-0.2, -0.15) is 0 Å². The van der Waals surface area contributed by atoms with Crippen LogP contribution >= 0.6 is 22.6 Å². The number of aliphatic hydroxyl groups is 1. The summed E-state index contributed by atoms with van der Waals surface area (Å²) in [5.41, 5.74) is 3.09. The minimum atomic E-state index is -1.31. The van der Waals surface area contributed by atoms with Crippen LogP contribution in [0.25, 0.3) is 21.9 Å². The van der Waals surface area contributed by atoms with E-state index in [1.54, 1.807) is 6.07 Å². The van der Waals surface area contributed by atoms with Crippen molar-refractivity contribution < 1.29 is 9.50 Å². The van der Waals surface area contributed by atoms with Gasteiger partial charge in [-0.1, -0.05) is 60.7 Å². The van der Waals surface area contributed by atoms with Crippen LogP contribution in [0.2, 0.25) is 0 Å². The summed E-state index contributed by atoms with van der Waals surface area (Å²) < 4.78 is 15.2. The fourth-order valence-corrected chi connectivity index (χ4v) is 5.00. The van der Waals surface area contributed by atoms with Gasteiger partial charge in [-0.05, 0) is 62.7 Å². The first-order valence-electron chi connectivity index (χ1n) is 8.40. The van der Waals surface area contributed by atoms with E-state index in [1.807, 2.05) is 54.6 Å². The summed E-state index contributed by atoms with van der Waals surface area (Å²) in [4.78, 5) is 0. The standard InChI is InChI=1S/C23H14FIO/c24-16-11-10-14-12-20(25)21-17-8-4-5-9-19(17)23(26,22(21)18(14)13-16)15-6-2-1-3-7-15/h1-13,26H. The van der Waals surface area contributed by atoms with Crippen LogP contribution in [0, 0.1) is 9.39 Å². The molecule has 1 aliphatic carbocycles. The Labute approximate surface area is 164 Å². The second-order valence-corrected chi connectivity index (χ2v) is 7.76. The smallest absolute Gasteiger partial charge is 0.142 e. The summed E-state index contributed by atoms with van der Waals surface area (Å²) >= 11 is 2.31. The maximum Gasteiger partial charge on any atom is 0.142 e. The van der Waals surface area contributed by atoms with Gasteiger partial charge in [0.25, 0.3) is 0 Å². The predicted molar refractivity (Wildman–Crippen MR) is 111 cm³/mol. The SMILES string of the molecule is OC1(c2ccccc2)c2ccccc2-c2c(I)cc3ccc(F)cc3c21. The van der Waals surface area contributed by atoms with Crippen LogP contribution in [-0.4, -0.2) is 5.11 Å².